The first kappa shape index (κ1) is 13.3. The van der Waals surface area contributed by atoms with E-state index >= 15 is 0 Å². The Hall–Kier alpha value is -2.14. The van der Waals surface area contributed by atoms with Crippen molar-refractivity contribution in [2.24, 2.45) is 0 Å². The third kappa shape index (κ3) is 3.20. The van der Waals surface area contributed by atoms with Crippen molar-refractivity contribution in [3.8, 4) is 5.75 Å². The minimum atomic E-state index is -0.916. The fourth-order valence-electron chi connectivity index (χ4n) is 1.84. The van der Waals surface area contributed by atoms with Crippen molar-refractivity contribution in [2.75, 3.05) is 13.2 Å². The summed E-state index contributed by atoms with van der Waals surface area (Å²) in [6, 6.07) is 8.57. The van der Waals surface area contributed by atoms with Gasteiger partial charge in [0, 0.05) is 11.6 Å². The molecular weight excluding hydrogens is 244 g/mol. The van der Waals surface area contributed by atoms with Crippen LogP contribution in [0.25, 0.3) is 10.9 Å². The molecule has 0 amide bonds. The smallest absolute Gasteiger partial charge is 0.324 e. The number of carboxylic acid groups (broad SMARTS) is 1. The Morgan fingerprint density at radius 2 is 2.26 bits per heavy atom. The largest absolute Gasteiger partial charge is 0.491 e. The molecule has 0 radical (unpaired) electrons. The number of carboxylic acids is 1. The molecule has 0 aliphatic carbocycles. The molecule has 1 atom stereocenters. The summed E-state index contributed by atoms with van der Waals surface area (Å²) < 4.78 is 5.61. The van der Waals surface area contributed by atoms with E-state index in [4.69, 9.17) is 9.84 Å². The van der Waals surface area contributed by atoms with E-state index in [1.807, 2.05) is 37.3 Å². The summed E-state index contributed by atoms with van der Waals surface area (Å²) in [4.78, 5) is 15.2. The number of benzene rings is 1. The van der Waals surface area contributed by atoms with Gasteiger partial charge in [0.1, 0.15) is 18.4 Å². The fourth-order valence-corrected chi connectivity index (χ4v) is 1.84. The molecule has 1 aromatic heterocycles. The van der Waals surface area contributed by atoms with Crippen molar-refractivity contribution in [3.63, 3.8) is 0 Å². The highest BCUT2D eigenvalue weighted by atomic mass is 16.5. The van der Waals surface area contributed by atoms with E-state index in [2.05, 4.69) is 10.3 Å². The Morgan fingerprint density at radius 1 is 1.42 bits per heavy atom. The molecule has 0 spiro atoms. The number of fused-ring (bicyclic) bond motifs is 1. The second kappa shape index (κ2) is 6.15. The zero-order valence-electron chi connectivity index (χ0n) is 10.7. The lowest BCUT2D eigenvalue weighted by Crippen LogP contribution is -2.41. The summed E-state index contributed by atoms with van der Waals surface area (Å²) >= 11 is 0. The summed E-state index contributed by atoms with van der Waals surface area (Å²) in [6.07, 6.45) is 1.71. The number of hydrogen-bond donors (Lipinski definition) is 2. The molecule has 5 nitrogen and oxygen atoms in total. The quantitative estimate of drug-likeness (QED) is 0.826. The van der Waals surface area contributed by atoms with Gasteiger partial charge in [-0.1, -0.05) is 13.0 Å². The molecule has 1 aromatic carbocycles. The highest BCUT2D eigenvalue weighted by Gasteiger charge is 2.17. The van der Waals surface area contributed by atoms with Gasteiger partial charge in [0.2, 0.25) is 0 Å². The van der Waals surface area contributed by atoms with E-state index in [1.165, 1.54) is 0 Å². The average Bonchev–Trinajstić information content (AvgIpc) is 2.43. The van der Waals surface area contributed by atoms with Gasteiger partial charge in [0.15, 0.2) is 0 Å². The molecule has 0 bridgehead atoms. The van der Waals surface area contributed by atoms with Crippen molar-refractivity contribution in [1.29, 1.82) is 0 Å². The zero-order valence-corrected chi connectivity index (χ0v) is 10.7. The van der Waals surface area contributed by atoms with E-state index in [9.17, 15) is 4.79 Å². The van der Waals surface area contributed by atoms with Crippen molar-refractivity contribution in [1.82, 2.24) is 10.3 Å². The van der Waals surface area contributed by atoms with Crippen molar-refractivity contribution >= 4 is 16.9 Å². The molecule has 0 saturated heterocycles. The van der Waals surface area contributed by atoms with Gasteiger partial charge in [-0.25, -0.2) is 0 Å². The first-order valence-corrected chi connectivity index (χ1v) is 6.15. The van der Waals surface area contributed by atoms with Gasteiger partial charge in [0.25, 0.3) is 0 Å². The van der Waals surface area contributed by atoms with Gasteiger partial charge in [-0.3, -0.25) is 9.78 Å². The monoisotopic (exact) mass is 260 g/mol. The fraction of sp³-hybridized carbons (Fsp3) is 0.286. The average molecular weight is 260 g/mol. The summed E-state index contributed by atoms with van der Waals surface area (Å²) in [5.74, 6) is -0.269. The van der Waals surface area contributed by atoms with Crippen LogP contribution in [0.5, 0.6) is 5.75 Å². The first-order valence-electron chi connectivity index (χ1n) is 6.15. The van der Waals surface area contributed by atoms with Crippen LogP contribution >= 0.6 is 0 Å². The lowest BCUT2D eigenvalue weighted by Gasteiger charge is -2.15. The number of pyridine rings is 1. The van der Waals surface area contributed by atoms with Gasteiger partial charge in [0.05, 0.1) is 5.52 Å². The van der Waals surface area contributed by atoms with E-state index < -0.39 is 12.0 Å². The molecule has 0 fully saturated rings. The Kier molecular flexibility index (Phi) is 4.30. The number of likely N-dealkylation sites (N-methyl/N-ethyl adjacent to an activating group) is 1. The maximum atomic E-state index is 11.0. The zero-order chi connectivity index (χ0) is 13.7. The molecule has 2 N–H and O–H groups in total. The summed E-state index contributed by atoms with van der Waals surface area (Å²) in [5, 5.41) is 12.8. The van der Waals surface area contributed by atoms with E-state index in [1.54, 1.807) is 6.20 Å². The molecule has 0 aliphatic heterocycles. The molecule has 19 heavy (non-hydrogen) atoms. The van der Waals surface area contributed by atoms with Crippen LogP contribution in [0, 0.1) is 0 Å². The van der Waals surface area contributed by atoms with Crippen LogP contribution < -0.4 is 10.1 Å². The number of nitrogens with zero attached hydrogens (tertiary/aromatic N) is 1. The van der Waals surface area contributed by atoms with E-state index in [0.717, 1.165) is 10.9 Å². The lowest BCUT2D eigenvalue weighted by atomic mass is 10.2. The Labute approximate surface area is 111 Å². The topological polar surface area (TPSA) is 71.5 Å². The lowest BCUT2D eigenvalue weighted by molar-refractivity contribution is -0.140. The minimum Gasteiger partial charge on any atom is -0.491 e. The summed E-state index contributed by atoms with van der Waals surface area (Å²) in [6.45, 7) is 2.52. The third-order valence-corrected chi connectivity index (χ3v) is 2.76. The van der Waals surface area contributed by atoms with Gasteiger partial charge < -0.3 is 15.2 Å². The van der Waals surface area contributed by atoms with Crippen molar-refractivity contribution in [2.45, 2.75) is 13.0 Å². The molecule has 2 aromatic rings. The highest BCUT2D eigenvalue weighted by molar-refractivity contribution is 5.84. The number of nitrogens with one attached hydrogen (secondary N) is 1. The van der Waals surface area contributed by atoms with E-state index in [-0.39, 0.29) is 6.61 Å². The second-order valence-electron chi connectivity index (χ2n) is 4.09. The van der Waals surface area contributed by atoms with Crippen LogP contribution in [0.4, 0.5) is 0 Å². The van der Waals surface area contributed by atoms with Crippen LogP contribution in [0.3, 0.4) is 0 Å². The summed E-state index contributed by atoms with van der Waals surface area (Å²) in [7, 11) is 0. The Bertz CT molecular complexity index is 566. The number of rotatable bonds is 6. The third-order valence-electron chi connectivity index (χ3n) is 2.76. The van der Waals surface area contributed by atoms with Gasteiger partial charge in [-0.15, -0.1) is 0 Å². The van der Waals surface area contributed by atoms with E-state index in [0.29, 0.717) is 12.3 Å². The van der Waals surface area contributed by atoms with Crippen molar-refractivity contribution in [3.05, 3.63) is 36.5 Å². The second-order valence-corrected chi connectivity index (χ2v) is 4.09. The van der Waals surface area contributed by atoms with Crippen LogP contribution in [0.15, 0.2) is 36.5 Å². The molecule has 1 unspecified atom stereocenters. The van der Waals surface area contributed by atoms with Gasteiger partial charge >= 0.3 is 5.97 Å². The predicted octanol–water partition coefficient (Wildman–Crippen LogP) is 1.68. The predicted molar refractivity (Wildman–Crippen MR) is 72.3 cm³/mol. The SMILES string of the molecule is CCNC(COc1cccc2ncccc12)C(=O)O. The van der Waals surface area contributed by atoms with Crippen LogP contribution in [-0.2, 0) is 4.79 Å². The highest BCUT2D eigenvalue weighted by Crippen LogP contribution is 2.23. The van der Waals surface area contributed by atoms with Crippen LogP contribution in [-0.4, -0.2) is 35.3 Å². The molecule has 1 heterocycles. The maximum absolute atomic E-state index is 11.0. The first-order chi connectivity index (χ1) is 9.22. The number of aromatic nitrogens is 1. The molecule has 0 saturated carbocycles. The molecular formula is C14H16N2O3. The summed E-state index contributed by atoms with van der Waals surface area (Å²) in [5.41, 5.74) is 0.829. The Morgan fingerprint density at radius 3 is 3.00 bits per heavy atom. The van der Waals surface area contributed by atoms with Crippen LogP contribution in [0.2, 0.25) is 0 Å². The molecule has 5 heteroatoms. The van der Waals surface area contributed by atoms with Crippen LogP contribution in [0.1, 0.15) is 6.92 Å². The number of carbonyl (C=O) groups is 1. The molecule has 2 rings (SSSR count). The minimum absolute atomic E-state index is 0.0805. The normalized spacial score (nSPS) is 12.3. The number of hydrogen-bond acceptors (Lipinski definition) is 4. The number of aliphatic carboxylic acids is 1. The number of ether oxygens (including phenoxy) is 1. The molecule has 0 aliphatic rings. The standard InChI is InChI=1S/C14H16N2O3/c1-2-15-12(14(17)18)9-19-13-7-3-6-11-10(13)5-4-8-16-11/h3-8,12,15H,2,9H2,1H3,(H,17,18). The van der Waals surface area contributed by atoms with Crippen molar-refractivity contribution < 1.29 is 14.6 Å². The van der Waals surface area contributed by atoms with Gasteiger partial charge in [-0.05, 0) is 30.8 Å². The molecule has 100 valence electrons. The maximum Gasteiger partial charge on any atom is 0.324 e. The Balaban J connectivity index is 2.15. The van der Waals surface area contributed by atoms with Gasteiger partial charge in [-0.2, -0.15) is 0 Å².